The Kier molecular flexibility index (Phi) is 5.89. The van der Waals surface area contributed by atoms with Crippen molar-refractivity contribution in [3.05, 3.63) is 157 Å². The summed E-state index contributed by atoms with van der Waals surface area (Å²) >= 11 is 1.76. The van der Waals surface area contributed by atoms with Gasteiger partial charge in [-0.1, -0.05) is 141 Å². The molecule has 51 heavy (non-hydrogen) atoms. The summed E-state index contributed by atoms with van der Waals surface area (Å²) in [6.07, 6.45) is 0. The highest BCUT2D eigenvalue weighted by Crippen LogP contribution is 2.50. The molecule has 4 heteroatoms. The zero-order valence-corrected chi connectivity index (χ0v) is 28.9. The van der Waals surface area contributed by atoms with Gasteiger partial charge in [-0.15, -0.1) is 11.3 Å². The van der Waals surface area contributed by atoms with Gasteiger partial charge in [0, 0.05) is 43.0 Å². The third-order valence-electron chi connectivity index (χ3n) is 10.9. The predicted molar refractivity (Wildman–Crippen MR) is 214 cm³/mol. The molecule has 0 N–H and O–H groups in total. The standard InChI is InChI=1S/C47H30N2OS/c1-47(2)37-21-10-8-16-31(37)32-24-23-28(25-38(32)47)29-19-12-20-35-41-33-17-7-6-15-30(33)36(26-39(41)50-44(29)35)46-48-42(27-13-4-3-5-14-27)45-43(49-46)34-18-9-11-22-40(34)51-45/h3-26H,1-2H3. The molecule has 11 rings (SSSR count). The molecule has 3 nitrogen and oxygen atoms in total. The molecule has 0 unspecified atom stereocenters. The van der Waals surface area contributed by atoms with E-state index in [1.54, 1.807) is 11.3 Å². The van der Waals surface area contributed by atoms with Gasteiger partial charge in [0.1, 0.15) is 11.2 Å². The largest absolute Gasteiger partial charge is 0.455 e. The first-order chi connectivity index (χ1) is 25.0. The van der Waals surface area contributed by atoms with Crippen LogP contribution in [0.1, 0.15) is 25.0 Å². The van der Waals surface area contributed by atoms with Crippen LogP contribution in [0.25, 0.3) is 97.9 Å². The fourth-order valence-electron chi connectivity index (χ4n) is 8.45. The maximum atomic E-state index is 6.95. The Morgan fingerprint density at radius 1 is 0.529 bits per heavy atom. The van der Waals surface area contributed by atoms with E-state index in [9.17, 15) is 0 Å². The number of furan rings is 1. The molecule has 0 aliphatic heterocycles. The van der Waals surface area contributed by atoms with Gasteiger partial charge in [0.15, 0.2) is 5.82 Å². The Bertz CT molecular complexity index is 3060. The fourth-order valence-corrected chi connectivity index (χ4v) is 9.60. The van der Waals surface area contributed by atoms with Gasteiger partial charge in [0.2, 0.25) is 0 Å². The van der Waals surface area contributed by atoms with Crippen LogP contribution < -0.4 is 0 Å². The number of benzene rings is 7. The lowest BCUT2D eigenvalue weighted by molar-refractivity contribution is 0.660. The maximum absolute atomic E-state index is 6.95. The maximum Gasteiger partial charge on any atom is 0.161 e. The summed E-state index contributed by atoms with van der Waals surface area (Å²) in [5.74, 6) is 0.698. The molecular weight excluding hydrogens is 641 g/mol. The van der Waals surface area contributed by atoms with E-state index in [0.717, 1.165) is 76.3 Å². The Hall–Kier alpha value is -6.10. The number of aromatic nitrogens is 2. The molecule has 0 saturated carbocycles. The van der Waals surface area contributed by atoms with Gasteiger partial charge < -0.3 is 4.42 Å². The number of fused-ring (bicyclic) bond motifs is 11. The van der Waals surface area contributed by atoms with Crippen LogP contribution in [0.3, 0.4) is 0 Å². The molecule has 0 fully saturated rings. The van der Waals surface area contributed by atoms with E-state index >= 15 is 0 Å². The average Bonchev–Trinajstić information content (AvgIpc) is 3.82. The summed E-state index contributed by atoms with van der Waals surface area (Å²) in [4.78, 5) is 10.7. The topological polar surface area (TPSA) is 38.9 Å². The minimum absolute atomic E-state index is 0.0811. The molecule has 0 saturated heterocycles. The molecule has 1 aliphatic carbocycles. The van der Waals surface area contributed by atoms with Crippen LogP contribution in [-0.4, -0.2) is 9.97 Å². The minimum Gasteiger partial charge on any atom is -0.455 e. The smallest absolute Gasteiger partial charge is 0.161 e. The zero-order valence-electron chi connectivity index (χ0n) is 28.1. The summed E-state index contributed by atoms with van der Waals surface area (Å²) in [5.41, 5.74) is 13.3. The molecule has 0 atom stereocenters. The first kappa shape index (κ1) is 28.7. The van der Waals surface area contributed by atoms with E-state index < -0.39 is 0 Å². The van der Waals surface area contributed by atoms with E-state index in [-0.39, 0.29) is 5.41 Å². The SMILES string of the molecule is CC1(C)c2ccccc2-c2ccc(-c3cccc4c3oc3cc(-c5nc(-c6ccccc6)c6sc7ccccc7c6n5)c5ccccc5c34)cc21. The molecule has 0 spiro atoms. The van der Waals surface area contributed by atoms with E-state index in [1.165, 1.54) is 27.0 Å². The van der Waals surface area contributed by atoms with E-state index in [4.69, 9.17) is 14.4 Å². The number of hydrogen-bond acceptors (Lipinski definition) is 4. The summed E-state index contributed by atoms with van der Waals surface area (Å²) in [7, 11) is 0. The Labute approximate surface area is 298 Å². The summed E-state index contributed by atoms with van der Waals surface area (Å²) in [6, 6.07) is 52.0. The third kappa shape index (κ3) is 4.05. The van der Waals surface area contributed by atoms with Gasteiger partial charge >= 0.3 is 0 Å². The van der Waals surface area contributed by atoms with Crippen molar-refractivity contribution in [3.63, 3.8) is 0 Å². The fraction of sp³-hybridized carbons (Fsp3) is 0.0638. The third-order valence-corrected chi connectivity index (χ3v) is 12.1. The lowest BCUT2D eigenvalue weighted by Crippen LogP contribution is -2.14. The summed E-state index contributed by atoms with van der Waals surface area (Å²) in [6.45, 7) is 4.66. The normalized spacial score (nSPS) is 13.5. The molecule has 7 aromatic carbocycles. The Morgan fingerprint density at radius 3 is 2.12 bits per heavy atom. The molecule has 3 heterocycles. The first-order valence-corrected chi connectivity index (χ1v) is 18.2. The number of nitrogens with zero attached hydrogens (tertiary/aromatic N) is 2. The van der Waals surface area contributed by atoms with Crippen molar-refractivity contribution in [2.75, 3.05) is 0 Å². The van der Waals surface area contributed by atoms with Crippen molar-refractivity contribution in [1.82, 2.24) is 9.97 Å². The summed E-state index contributed by atoms with van der Waals surface area (Å²) < 4.78 is 9.26. The monoisotopic (exact) mass is 670 g/mol. The average molecular weight is 671 g/mol. The van der Waals surface area contributed by atoms with Gasteiger partial charge in [-0.25, -0.2) is 9.97 Å². The predicted octanol–water partition coefficient (Wildman–Crippen LogP) is 13.2. The van der Waals surface area contributed by atoms with Crippen LogP contribution in [0.5, 0.6) is 0 Å². The second kappa shape index (κ2) is 10.5. The van der Waals surface area contributed by atoms with Crippen LogP contribution >= 0.6 is 11.3 Å². The van der Waals surface area contributed by atoms with Crippen molar-refractivity contribution < 1.29 is 4.42 Å². The number of para-hydroxylation sites is 1. The van der Waals surface area contributed by atoms with Gasteiger partial charge in [-0.3, -0.25) is 0 Å². The van der Waals surface area contributed by atoms with Gasteiger partial charge in [-0.05, 0) is 56.8 Å². The zero-order chi connectivity index (χ0) is 33.8. The van der Waals surface area contributed by atoms with Crippen molar-refractivity contribution in [1.29, 1.82) is 0 Å². The molecule has 3 aromatic heterocycles. The molecular formula is C47H30N2OS. The van der Waals surface area contributed by atoms with Gasteiger partial charge in [0.25, 0.3) is 0 Å². The van der Waals surface area contributed by atoms with Crippen LogP contribution in [0.4, 0.5) is 0 Å². The van der Waals surface area contributed by atoms with Crippen molar-refractivity contribution >= 4 is 64.4 Å². The number of hydrogen-bond donors (Lipinski definition) is 0. The number of rotatable bonds is 3. The molecule has 10 aromatic rings. The lowest BCUT2D eigenvalue weighted by atomic mass is 9.81. The Morgan fingerprint density at radius 2 is 1.24 bits per heavy atom. The van der Waals surface area contributed by atoms with E-state index in [0.29, 0.717) is 5.82 Å². The van der Waals surface area contributed by atoms with Crippen molar-refractivity contribution in [2.45, 2.75) is 19.3 Å². The minimum atomic E-state index is -0.0811. The molecule has 0 radical (unpaired) electrons. The highest BCUT2D eigenvalue weighted by molar-refractivity contribution is 7.26. The lowest BCUT2D eigenvalue weighted by Gasteiger charge is -2.22. The van der Waals surface area contributed by atoms with Crippen molar-refractivity contribution in [2.24, 2.45) is 0 Å². The molecule has 240 valence electrons. The number of thiophene rings is 1. The highest BCUT2D eigenvalue weighted by atomic mass is 32.1. The second-order valence-corrected chi connectivity index (χ2v) is 15.1. The van der Waals surface area contributed by atoms with E-state index in [1.807, 2.05) is 6.07 Å². The molecule has 1 aliphatic rings. The van der Waals surface area contributed by atoms with E-state index in [2.05, 4.69) is 153 Å². The Balaban J connectivity index is 1.16. The molecule has 0 bridgehead atoms. The first-order valence-electron chi connectivity index (χ1n) is 17.4. The summed E-state index contributed by atoms with van der Waals surface area (Å²) in [5, 5.41) is 5.61. The molecule has 0 amide bonds. The van der Waals surface area contributed by atoms with Crippen LogP contribution in [0.2, 0.25) is 0 Å². The van der Waals surface area contributed by atoms with Crippen LogP contribution in [0, 0.1) is 0 Å². The van der Waals surface area contributed by atoms with Gasteiger partial charge in [0.05, 0.1) is 15.9 Å². The highest BCUT2D eigenvalue weighted by Gasteiger charge is 2.35. The quantitative estimate of drug-likeness (QED) is 0.188. The van der Waals surface area contributed by atoms with Crippen LogP contribution in [0.15, 0.2) is 150 Å². The van der Waals surface area contributed by atoms with Gasteiger partial charge in [-0.2, -0.15) is 0 Å². The van der Waals surface area contributed by atoms with Crippen molar-refractivity contribution in [3.8, 4) is 44.9 Å². The second-order valence-electron chi connectivity index (χ2n) is 14.1. The van der Waals surface area contributed by atoms with Crippen LogP contribution in [-0.2, 0) is 5.41 Å².